The second-order valence-electron chi connectivity index (χ2n) is 8.93. The van der Waals surface area contributed by atoms with Crippen molar-refractivity contribution in [3.63, 3.8) is 0 Å². The molecule has 1 aromatic rings. The van der Waals surface area contributed by atoms with Crippen LogP contribution in [-0.2, 0) is 6.42 Å². The molecule has 2 N–H and O–H groups in total. The van der Waals surface area contributed by atoms with E-state index >= 15 is 0 Å². The van der Waals surface area contributed by atoms with Gasteiger partial charge in [-0.3, -0.25) is 9.89 Å². The maximum atomic E-state index is 6.06. The Balaban J connectivity index is 0.00000256. The number of aliphatic imine (C=N–C) groups is 1. The minimum atomic E-state index is 0. The van der Waals surface area contributed by atoms with Crippen LogP contribution in [0.25, 0.3) is 0 Å². The number of rotatable bonds is 5. The van der Waals surface area contributed by atoms with Crippen molar-refractivity contribution < 1.29 is 4.74 Å². The number of nitrogens with one attached hydrogen (secondary N) is 2. The lowest BCUT2D eigenvalue weighted by atomic mass is 9.84. The Hall–Kier alpha value is -1.06. The van der Waals surface area contributed by atoms with Gasteiger partial charge in [0.1, 0.15) is 11.9 Å². The Kier molecular flexibility index (Phi) is 8.65. The third-order valence-electron chi connectivity index (χ3n) is 6.96. The van der Waals surface area contributed by atoms with Gasteiger partial charge in [0.15, 0.2) is 5.96 Å². The molecule has 0 amide bonds. The third kappa shape index (κ3) is 5.59. The largest absolute Gasteiger partial charge is 0.488 e. The van der Waals surface area contributed by atoms with E-state index in [1.165, 1.54) is 63.8 Å². The third-order valence-corrected chi connectivity index (χ3v) is 6.96. The topological polar surface area (TPSA) is 52.1 Å². The summed E-state index contributed by atoms with van der Waals surface area (Å²) in [5.74, 6) is 1.91. The summed E-state index contributed by atoms with van der Waals surface area (Å²) in [5.41, 5.74) is 1.56. The van der Waals surface area contributed by atoms with Gasteiger partial charge in [-0.25, -0.2) is 0 Å². The molecule has 0 spiro atoms. The van der Waals surface area contributed by atoms with Gasteiger partial charge in [0.25, 0.3) is 0 Å². The van der Waals surface area contributed by atoms with E-state index in [4.69, 9.17) is 4.74 Å². The number of fused-ring (bicyclic) bond motifs is 1. The van der Waals surface area contributed by atoms with Crippen LogP contribution in [0.4, 0.5) is 0 Å². The number of likely N-dealkylation sites (tertiary alicyclic amines) is 2. The second kappa shape index (κ2) is 11.0. The quantitative estimate of drug-likeness (QED) is 0.351. The van der Waals surface area contributed by atoms with Crippen LogP contribution >= 0.6 is 24.0 Å². The normalized spacial score (nSPS) is 24.5. The number of piperidine rings is 2. The molecule has 0 aromatic heterocycles. The van der Waals surface area contributed by atoms with Gasteiger partial charge in [0.2, 0.25) is 0 Å². The van der Waals surface area contributed by atoms with E-state index in [0.717, 1.165) is 31.2 Å². The predicted octanol–water partition coefficient (Wildman–Crippen LogP) is 2.72. The molecule has 3 heterocycles. The predicted molar refractivity (Wildman–Crippen MR) is 134 cm³/mol. The minimum absolute atomic E-state index is 0. The van der Waals surface area contributed by atoms with Crippen LogP contribution in [0.3, 0.4) is 0 Å². The van der Waals surface area contributed by atoms with E-state index in [1.54, 1.807) is 0 Å². The van der Waals surface area contributed by atoms with E-state index < -0.39 is 0 Å². The van der Waals surface area contributed by atoms with Crippen molar-refractivity contribution in [2.24, 2.45) is 4.99 Å². The molecule has 1 unspecified atom stereocenters. The second-order valence-corrected chi connectivity index (χ2v) is 8.93. The van der Waals surface area contributed by atoms with Crippen LogP contribution in [0.2, 0.25) is 0 Å². The molecule has 168 valence electrons. The van der Waals surface area contributed by atoms with Crippen LogP contribution in [0.1, 0.15) is 37.7 Å². The van der Waals surface area contributed by atoms with Crippen molar-refractivity contribution in [2.45, 2.75) is 50.2 Å². The zero-order valence-electron chi connectivity index (χ0n) is 18.5. The molecule has 0 aliphatic carbocycles. The van der Waals surface area contributed by atoms with Crippen molar-refractivity contribution >= 4 is 29.9 Å². The molecule has 0 radical (unpaired) electrons. The molecular weight excluding hydrogens is 489 g/mol. The standard InChI is InChI=1S/C23H37N5O.HI/c1-24-22(25-17-20-16-19-8-4-5-9-21(19)29-20)26-18-23(10-14-27(2)15-11-23)28-12-6-3-7-13-28;/h4-5,8-9,20H,3,6-7,10-18H2,1-2H3,(H2,24,25,26);1H. The summed E-state index contributed by atoms with van der Waals surface area (Å²) in [6.07, 6.45) is 7.65. The van der Waals surface area contributed by atoms with Crippen molar-refractivity contribution in [1.29, 1.82) is 0 Å². The summed E-state index contributed by atoms with van der Waals surface area (Å²) >= 11 is 0. The molecule has 3 aliphatic heterocycles. The van der Waals surface area contributed by atoms with Gasteiger partial charge in [0.05, 0.1) is 6.54 Å². The first-order chi connectivity index (χ1) is 14.2. The van der Waals surface area contributed by atoms with E-state index in [0.29, 0.717) is 0 Å². The van der Waals surface area contributed by atoms with Gasteiger partial charge in [-0.2, -0.15) is 0 Å². The highest BCUT2D eigenvalue weighted by molar-refractivity contribution is 14.0. The lowest BCUT2D eigenvalue weighted by molar-refractivity contribution is 0.0173. The number of hydrogen-bond acceptors (Lipinski definition) is 4. The minimum Gasteiger partial charge on any atom is -0.488 e. The number of ether oxygens (including phenoxy) is 1. The van der Waals surface area contributed by atoms with E-state index in [9.17, 15) is 0 Å². The monoisotopic (exact) mass is 527 g/mol. The molecule has 2 fully saturated rings. The summed E-state index contributed by atoms with van der Waals surface area (Å²) < 4.78 is 6.06. The number of hydrogen-bond donors (Lipinski definition) is 2. The van der Waals surface area contributed by atoms with Gasteiger partial charge < -0.3 is 20.3 Å². The molecule has 4 rings (SSSR count). The fourth-order valence-electron chi connectivity index (χ4n) is 5.05. The van der Waals surface area contributed by atoms with Crippen LogP contribution in [0.15, 0.2) is 29.3 Å². The first-order valence-electron chi connectivity index (χ1n) is 11.3. The van der Waals surface area contributed by atoms with E-state index in [1.807, 2.05) is 13.1 Å². The van der Waals surface area contributed by atoms with E-state index in [-0.39, 0.29) is 35.6 Å². The first-order valence-corrected chi connectivity index (χ1v) is 11.3. The van der Waals surface area contributed by atoms with Crippen molar-refractivity contribution in [1.82, 2.24) is 20.4 Å². The average molecular weight is 527 g/mol. The van der Waals surface area contributed by atoms with Gasteiger partial charge >= 0.3 is 0 Å². The molecule has 30 heavy (non-hydrogen) atoms. The maximum absolute atomic E-state index is 6.06. The first kappa shape index (κ1) is 23.6. The fourth-order valence-corrected chi connectivity index (χ4v) is 5.05. The SMILES string of the molecule is CN=C(NCC1Cc2ccccc2O1)NCC1(N2CCCCC2)CCN(C)CC1.I. The van der Waals surface area contributed by atoms with Gasteiger partial charge in [-0.05, 0) is 70.5 Å². The highest BCUT2D eigenvalue weighted by Gasteiger charge is 2.39. The molecular formula is C23H38IN5O. The molecule has 0 saturated carbocycles. The summed E-state index contributed by atoms with van der Waals surface area (Å²) in [7, 11) is 4.11. The summed E-state index contributed by atoms with van der Waals surface area (Å²) in [5, 5.41) is 7.16. The van der Waals surface area contributed by atoms with Crippen LogP contribution in [-0.4, -0.2) is 80.8 Å². The number of guanidine groups is 1. The zero-order chi connectivity index (χ0) is 20.1. The number of halogens is 1. The summed E-state index contributed by atoms with van der Waals surface area (Å²) in [4.78, 5) is 9.71. The molecule has 1 aromatic carbocycles. The Morgan fingerprint density at radius 3 is 2.53 bits per heavy atom. The van der Waals surface area contributed by atoms with Crippen molar-refractivity contribution in [3.8, 4) is 5.75 Å². The number of benzene rings is 1. The Morgan fingerprint density at radius 2 is 1.83 bits per heavy atom. The Morgan fingerprint density at radius 1 is 1.10 bits per heavy atom. The zero-order valence-corrected chi connectivity index (χ0v) is 20.9. The van der Waals surface area contributed by atoms with Crippen LogP contribution < -0.4 is 15.4 Å². The number of para-hydroxylation sites is 1. The smallest absolute Gasteiger partial charge is 0.191 e. The molecule has 0 bridgehead atoms. The van der Waals surface area contributed by atoms with Gasteiger partial charge in [-0.1, -0.05) is 24.6 Å². The van der Waals surface area contributed by atoms with Gasteiger partial charge in [-0.15, -0.1) is 24.0 Å². The Bertz CT molecular complexity index is 674. The summed E-state index contributed by atoms with van der Waals surface area (Å²) in [6, 6.07) is 8.34. The van der Waals surface area contributed by atoms with Gasteiger partial charge in [0, 0.05) is 25.6 Å². The molecule has 2 saturated heterocycles. The van der Waals surface area contributed by atoms with Crippen molar-refractivity contribution in [3.05, 3.63) is 29.8 Å². The average Bonchev–Trinajstić information content (AvgIpc) is 3.19. The number of nitrogens with zero attached hydrogens (tertiary/aromatic N) is 3. The lowest BCUT2D eigenvalue weighted by Crippen LogP contribution is -2.62. The summed E-state index contributed by atoms with van der Waals surface area (Å²) in [6.45, 7) is 6.58. The fraction of sp³-hybridized carbons (Fsp3) is 0.696. The molecule has 7 heteroatoms. The molecule has 3 aliphatic rings. The molecule has 6 nitrogen and oxygen atoms in total. The lowest BCUT2D eigenvalue weighted by Gasteiger charge is -2.50. The van der Waals surface area contributed by atoms with Crippen molar-refractivity contribution in [2.75, 3.05) is 53.4 Å². The van der Waals surface area contributed by atoms with Crippen LogP contribution in [0.5, 0.6) is 5.75 Å². The highest BCUT2D eigenvalue weighted by Crippen LogP contribution is 2.31. The van der Waals surface area contributed by atoms with Crippen LogP contribution in [0, 0.1) is 0 Å². The maximum Gasteiger partial charge on any atom is 0.191 e. The molecule has 1 atom stereocenters. The van der Waals surface area contributed by atoms with E-state index in [2.05, 4.69) is 50.7 Å². The Labute approximate surface area is 198 Å². The highest BCUT2D eigenvalue weighted by atomic mass is 127.